The van der Waals surface area contributed by atoms with Gasteiger partial charge >= 0.3 is 0 Å². The zero-order valence-electron chi connectivity index (χ0n) is 15.4. The van der Waals surface area contributed by atoms with Crippen LogP contribution in [0.5, 0.6) is 0 Å². The Kier molecular flexibility index (Phi) is 4.20. The molecule has 0 saturated heterocycles. The van der Waals surface area contributed by atoms with Crippen LogP contribution in [-0.2, 0) is 13.5 Å². The minimum Gasteiger partial charge on any atom is -0.294 e. The fourth-order valence-electron chi connectivity index (χ4n) is 5.37. The van der Waals surface area contributed by atoms with Gasteiger partial charge in [-0.3, -0.25) is 9.48 Å². The number of carbonyl (C=O) groups is 1. The van der Waals surface area contributed by atoms with Crippen LogP contribution in [0.25, 0.3) is 0 Å². The van der Waals surface area contributed by atoms with E-state index in [0.717, 1.165) is 5.56 Å². The molecule has 138 valence electrons. The van der Waals surface area contributed by atoms with Crippen molar-refractivity contribution in [1.29, 1.82) is 0 Å². The van der Waals surface area contributed by atoms with E-state index in [-0.39, 0.29) is 17.8 Å². The minimum absolute atomic E-state index is 0.0451. The molecule has 3 unspecified atom stereocenters. The summed E-state index contributed by atoms with van der Waals surface area (Å²) >= 11 is 0. The van der Waals surface area contributed by atoms with E-state index in [1.54, 1.807) is 7.05 Å². The number of aryl methyl sites for hydroxylation is 1. The standard InChI is InChI=1S/C21H24F2N2O/c1-11(2)18-14-7-8-15(18)19-12(5-4-6-13(14)19)9-17(26)16-10-25(3)24-20(16)21(22)23/h4-6,10-11,14-15,18,21H,7-9H2,1-3H3. The molecule has 1 saturated carbocycles. The summed E-state index contributed by atoms with van der Waals surface area (Å²) in [5.74, 6) is 2.05. The van der Waals surface area contributed by atoms with Crippen molar-refractivity contribution in [3.8, 4) is 0 Å². The van der Waals surface area contributed by atoms with E-state index >= 15 is 0 Å². The van der Waals surface area contributed by atoms with Crippen LogP contribution in [-0.4, -0.2) is 15.6 Å². The molecule has 1 aromatic carbocycles. The number of Topliss-reactive ketones (excluding diaryl/α,β-unsaturated/α-hetero) is 1. The Labute approximate surface area is 152 Å². The van der Waals surface area contributed by atoms with Crippen molar-refractivity contribution in [1.82, 2.24) is 9.78 Å². The molecule has 0 spiro atoms. The van der Waals surface area contributed by atoms with Crippen molar-refractivity contribution < 1.29 is 13.6 Å². The number of hydrogen-bond donors (Lipinski definition) is 0. The maximum atomic E-state index is 13.2. The molecule has 26 heavy (non-hydrogen) atoms. The van der Waals surface area contributed by atoms with Crippen LogP contribution in [0, 0.1) is 11.8 Å². The number of fused-ring (bicyclic) bond motifs is 5. The van der Waals surface area contributed by atoms with Gasteiger partial charge < -0.3 is 0 Å². The normalized spacial score (nSPS) is 23.9. The summed E-state index contributed by atoms with van der Waals surface area (Å²) in [6.45, 7) is 4.55. The molecule has 1 aromatic heterocycles. The summed E-state index contributed by atoms with van der Waals surface area (Å²) in [6.07, 6.45) is 1.23. The molecule has 3 atom stereocenters. The Bertz CT molecular complexity index is 856. The largest absolute Gasteiger partial charge is 0.294 e. The second kappa shape index (κ2) is 6.29. The maximum absolute atomic E-state index is 13.2. The predicted molar refractivity (Wildman–Crippen MR) is 95.7 cm³/mol. The molecule has 5 heteroatoms. The summed E-state index contributed by atoms with van der Waals surface area (Å²) < 4.78 is 27.7. The van der Waals surface area contributed by atoms with Crippen molar-refractivity contribution in [2.45, 2.75) is 51.4 Å². The molecule has 4 rings (SSSR count). The van der Waals surface area contributed by atoms with Gasteiger partial charge in [0.2, 0.25) is 0 Å². The van der Waals surface area contributed by atoms with Crippen LogP contribution in [0.4, 0.5) is 8.78 Å². The van der Waals surface area contributed by atoms with Gasteiger partial charge in [-0.15, -0.1) is 0 Å². The highest BCUT2D eigenvalue weighted by atomic mass is 19.3. The summed E-state index contributed by atoms with van der Waals surface area (Å²) in [4.78, 5) is 12.8. The van der Waals surface area contributed by atoms with E-state index in [0.29, 0.717) is 23.7 Å². The quantitative estimate of drug-likeness (QED) is 0.703. The number of carbonyl (C=O) groups excluding carboxylic acids is 1. The Morgan fingerprint density at radius 1 is 1.27 bits per heavy atom. The molecule has 0 radical (unpaired) electrons. The first-order valence-electron chi connectivity index (χ1n) is 9.35. The van der Waals surface area contributed by atoms with Gasteiger partial charge in [0.15, 0.2) is 5.78 Å². The van der Waals surface area contributed by atoms with Crippen molar-refractivity contribution in [3.05, 3.63) is 52.3 Å². The van der Waals surface area contributed by atoms with Crippen LogP contribution < -0.4 is 0 Å². The summed E-state index contributed by atoms with van der Waals surface area (Å²) in [7, 11) is 1.56. The average molecular weight is 358 g/mol. The lowest BCUT2D eigenvalue weighted by Crippen LogP contribution is -2.12. The second-order valence-corrected chi connectivity index (χ2v) is 8.03. The van der Waals surface area contributed by atoms with Crippen molar-refractivity contribution in [3.63, 3.8) is 0 Å². The summed E-state index contributed by atoms with van der Waals surface area (Å²) in [6, 6.07) is 6.20. The first-order valence-corrected chi connectivity index (χ1v) is 9.35. The van der Waals surface area contributed by atoms with Crippen molar-refractivity contribution >= 4 is 5.78 Å². The third-order valence-corrected chi connectivity index (χ3v) is 6.20. The maximum Gasteiger partial charge on any atom is 0.282 e. The fraction of sp³-hybridized carbons (Fsp3) is 0.524. The SMILES string of the molecule is CC(C)C1C2CCC1c1c(CC(=O)c3cn(C)nc3C(F)F)cccc12. The highest BCUT2D eigenvalue weighted by molar-refractivity contribution is 5.98. The molecule has 0 N–H and O–H groups in total. The number of ketones is 1. The highest BCUT2D eigenvalue weighted by Crippen LogP contribution is 2.60. The Morgan fingerprint density at radius 2 is 2.00 bits per heavy atom. The van der Waals surface area contributed by atoms with Gasteiger partial charge in [-0.2, -0.15) is 5.10 Å². The smallest absolute Gasteiger partial charge is 0.282 e. The molecule has 2 aromatic rings. The first-order chi connectivity index (χ1) is 12.4. The monoisotopic (exact) mass is 358 g/mol. The second-order valence-electron chi connectivity index (χ2n) is 8.03. The first kappa shape index (κ1) is 17.4. The van der Waals surface area contributed by atoms with Gasteiger partial charge in [0.1, 0.15) is 5.69 Å². The van der Waals surface area contributed by atoms with Crippen LogP contribution in [0.15, 0.2) is 24.4 Å². The lowest BCUT2D eigenvalue weighted by Gasteiger charge is -2.20. The molecule has 2 aliphatic carbocycles. The van der Waals surface area contributed by atoms with Gasteiger partial charge in [0.05, 0.1) is 5.56 Å². The van der Waals surface area contributed by atoms with Crippen molar-refractivity contribution in [2.24, 2.45) is 18.9 Å². The third kappa shape index (κ3) is 2.60. The zero-order valence-corrected chi connectivity index (χ0v) is 15.4. The number of aromatic nitrogens is 2. The summed E-state index contributed by atoms with van der Waals surface area (Å²) in [5.41, 5.74) is 3.34. The van der Waals surface area contributed by atoms with E-state index in [2.05, 4.69) is 25.0 Å². The molecule has 2 bridgehead atoms. The van der Waals surface area contributed by atoms with Gasteiger partial charge in [-0.25, -0.2) is 8.78 Å². The topological polar surface area (TPSA) is 34.9 Å². The third-order valence-electron chi connectivity index (χ3n) is 6.20. The van der Waals surface area contributed by atoms with E-state index in [9.17, 15) is 13.6 Å². The molecule has 2 aliphatic rings. The van der Waals surface area contributed by atoms with Crippen LogP contribution in [0.2, 0.25) is 0 Å². The number of alkyl halides is 2. The van der Waals surface area contributed by atoms with Gasteiger partial charge in [-0.05, 0) is 53.2 Å². The van der Waals surface area contributed by atoms with E-state index in [1.807, 2.05) is 12.1 Å². The summed E-state index contributed by atoms with van der Waals surface area (Å²) in [5, 5.41) is 3.76. The fourth-order valence-corrected chi connectivity index (χ4v) is 5.37. The van der Waals surface area contributed by atoms with Gasteiger partial charge in [0, 0.05) is 19.7 Å². The van der Waals surface area contributed by atoms with E-state index in [1.165, 1.54) is 34.8 Å². The van der Waals surface area contributed by atoms with Gasteiger partial charge in [-0.1, -0.05) is 32.0 Å². The number of nitrogens with zero attached hydrogens (tertiary/aromatic N) is 2. The minimum atomic E-state index is -2.74. The highest BCUT2D eigenvalue weighted by Gasteiger charge is 2.47. The van der Waals surface area contributed by atoms with Crippen molar-refractivity contribution in [2.75, 3.05) is 0 Å². The molecule has 3 nitrogen and oxygen atoms in total. The van der Waals surface area contributed by atoms with E-state index < -0.39 is 12.1 Å². The molecule has 0 amide bonds. The molecule has 1 heterocycles. The molecule has 1 fully saturated rings. The number of benzene rings is 1. The Morgan fingerprint density at radius 3 is 2.69 bits per heavy atom. The van der Waals surface area contributed by atoms with Crippen LogP contribution in [0.3, 0.4) is 0 Å². The lowest BCUT2D eigenvalue weighted by molar-refractivity contribution is 0.0977. The predicted octanol–water partition coefficient (Wildman–Crippen LogP) is 5.03. The Balaban J connectivity index is 1.67. The number of hydrogen-bond acceptors (Lipinski definition) is 2. The number of halogens is 2. The molecule has 0 aliphatic heterocycles. The van der Waals surface area contributed by atoms with E-state index in [4.69, 9.17) is 0 Å². The van der Waals surface area contributed by atoms with Crippen LogP contribution >= 0.6 is 0 Å². The zero-order chi connectivity index (χ0) is 18.6. The van der Waals surface area contributed by atoms with Gasteiger partial charge in [0.25, 0.3) is 6.43 Å². The van der Waals surface area contributed by atoms with Crippen LogP contribution in [0.1, 0.15) is 77.7 Å². The number of rotatable bonds is 5. The Hall–Kier alpha value is -2.04. The molecular formula is C21H24F2N2O. The average Bonchev–Trinajstić information content (AvgIpc) is 3.26. The molecular weight excluding hydrogens is 334 g/mol. The lowest BCUT2D eigenvalue weighted by atomic mass is 9.84.